The van der Waals surface area contributed by atoms with E-state index in [0.29, 0.717) is 0 Å². The number of fused-ring (bicyclic) bond motifs is 3. The summed E-state index contributed by atoms with van der Waals surface area (Å²) in [6.45, 7) is 2.84. The monoisotopic (exact) mass is 925 g/mol. The molecule has 0 spiro atoms. The molecule has 3 unspecified atom stereocenters. The SMILES string of the molecule is COc1cc2c(cc1OC)C(CCC(CCC1NCCc3cc(OC)c(OC)cc31)(CCC1NCCc3cc(OC)c(OC)cc31)Cc1ccccc1)NCC2.Cl.Cl.Cl.O.O.O. The minimum absolute atomic E-state index is 0. The van der Waals surface area contributed by atoms with Gasteiger partial charge in [0.2, 0.25) is 0 Å². The highest BCUT2D eigenvalue weighted by atomic mass is 35.5. The van der Waals surface area contributed by atoms with Gasteiger partial charge in [0.25, 0.3) is 0 Å². The van der Waals surface area contributed by atoms with Crippen LogP contribution in [0.4, 0.5) is 0 Å². The summed E-state index contributed by atoms with van der Waals surface area (Å²) >= 11 is 0. The average molecular weight is 927 g/mol. The van der Waals surface area contributed by atoms with Crippen molar-refractivity contribution in [3.8, 4) is 34.5 Å². The summed E-state index contributed by atoms with van der Waals surface area (Å²) < 4.78 is 34.6. The number of methoxy groups -OCH3 is 6. The van der Waals surface area contributed by atoms with E-state index in [0.717, 1.165) is 118 Å². The van der Waals surface area contributed by atoms with Crippen LogP contribution in [0.2, 0.25) is 0 Å². The summed E-state index contributed by atoms with van der Waals surface area (Å²) in [4.78, 5) is 0. The molecule has 3 aliphatic heterocycles. The Morgan fingerprint density at radius 3 is 1.03 bits per heavy atom. The normalized spacial score (nSPS) is 17.9. The zero-order valence-corrected chi connectivity index (χ0v) is 39.4. The third-order valence-corrected chi connectivity index (χ3v) is 12.7. The highest BCUT2D eigenvalue weighted by Gasteiger charge is 2.36. The van der Waals surface area contributed by atoms with Crippen LogP contribution in [0.3, 0.4) is 0 Å². The molecule has 0 saturated carbocycles. The third kappa shape index (κ3) is 12.5. The van der Waals surface area contributed by atoms with E-state index in [2.05, 4.69) is 82.7 Å². The molecule has 3 aliphatic rings. The summed E-state index contributed by atoms with van der Waals surface area (Å²) in [6, 6.07) is 25.0. The largest absolute Gasteiger partial charge is 0.493 e. The van der Waals surface area contributed by atoms with Gasteiger partial charge in [0, 0.05) is 18.1 Å². The maximum Gasteiger partial charge on any atom is 0.161 e. The van der Waals surface area contributed by atoms with Gasteiger partial charge in [-0.1, -0.05) is 30.3 Å². The quantitative estimate of drug-likeness (QED) is 0.0997. The van der Waals surface area contributed by atoms with Gasteiger partial charge >= 0.3 is 0 Å². The number of hydrogen-bond acceptors (Lipinski definition) is 9. The first-order chi connectivity index (χ1) is 27.4. The molecular weight excluding hydrogens is 857 g/mol. The molecule has 4 aromatic carbocycles. The molecule has 0 aliphatic carbocycles. The van der Waals surface area contributed by atoms with Crippen LogP contribution in [0.15, 0.2) is 66.7 Å². The molecule has 0 fully saturated rings. The van der Waals surface area contributed by atoms with E-state index in [9.17, 15) is 0 Å². The lowest BCUT2D eigenvalue weighted by atomic mass is 9.68. The molecule has 3 heterocycles. The van der Waals surface area contributed by atoms with Crippen LogP contribution >= 0.6 is 37.2 Å². The van der Waals surface area contributed by atoms with Gasteiger partial charge in [-0.3, -0.25) is 0 Å². The van der Waals surface area contributed by atoms with Gasteiger partial charge in [-0.05, 0) is 165 Å². The lowest BCUT2D eigenvalue weighted by Crippen LogP contribution is -2.36. The van der Waals surface area contributed by atoms with Crippen LogP contribution in [0.5, 0.6) is 34.5 Å². The second kappa shape index (κ2) is 26.2. The van der Waals surface area contributed by atoms with Crippen LogP contribution in [0, 0.1) is 5.41 Å². The van der Waals surface area contributed by atoms with Gasteiger partial charge in [-0.2, -0.15) is 0 Å². The topological polar surface area (TPSA) is 186 Å². The number of hydrogen-bond donors (Lipinski definition) is 3. The summed E-state index contributed by atoms with van der Waals surface area (Å²) in [5.74, 6) is 4.77. The minimum Gasteiger partial charge on any atom is -0.493 e. The summed E-state index contributed by atoms with van der Waals surface area (Å²) in [5, 5.41) is 11.7. The Morgan fingerprint density at radius 2 is 0.742 bits per heavy atom. The van der Waals surface area contributed by atoms with Crippen molar-refractivity contribution in [2.45, 2.75) is 82.3 Å². The number of benzene rings is 4. The molecule has 0 bridgehead atoms. The maximum absolute atomic E-state index is 5.81. The number of ether oxygens (including phenoxy) is 6. The fraction of sp³-hybridized carbons (Fsp3) is 0.489. The van der Waals surface area contributed by atoms with Crippen LogP contribution in [0.1, 0.15) is 95.6 Å². The molecule has 62 heavy (non-hydrogen) atoms. The molecular formula is C47H70Cl3N3O9. The molecule has 0 radical (unpaired) electrons. The average Bonchev–Trinajstić information content (AvgIpc) is 3.25. The van der Waals surface area contributed by atoms with Crippen LogP contribution in [0.25, 0.3) is 0 Å². The van der Waals surface area contributed by atoms with Crippen molar-refractivity contribution in [2.75, 3.05) is 62.3 Å². The highest BCUT2D eigenvalue weighted by Crippen LogP contribution is 2.47. The van der Waals surface area contributed by atoms with Crippen molar-refractivity contribution in [2.24, 2.45) is 5.41 Å². The molecule has 3 atom stereocenters. The van der Waals surface area contributed by atoms with E-state index >= 15 is 0 Å². The smallest absolute Gasteiger partial charge is 0.161 e. The molecule has 0 amide bonds. The fourth-order valence-corrected chi connectivity index (χ4v) is 9.70. The van der Waals surface area contributed by atoms with Gasteiger partial charge in [0.15, 0.2) is 34.5 Å². The number of halogens is 3. The van der Waals surface area contributed by atoms with Crippen molar-refractivity contribution in [3.05, 3.63) is 106 Å². The van der Waals surface area contributed by atoms with Crippen LogP contribution < -0.4 is 44.4 Å². The summed E-state index contributed by atoms with van der Waals surface area (Å²) in [7, 11) is 10.4. The standard InChI is InChI=1S/C47H61N3O6.3ClH.3H2O/c1-51-41-24-32-15-21-48-38(35(32)27-44(41)54-4)12-18-47(30-31-10-8-7-9-11-31,19-13-39-36-28-45(55-5)42(52-2)25-33(36)16-22-49-39)20-14-40-37-29-46(56-6)43(53-3)26-34(37)17-23-50-40;;;;;;/h7-11,24-29,38-40,48-50H,12-23,30H2,1-6H3;3*1H;3*1H2. The Bertz CT molecular complexity index is 1770. The van der Waals surface area contributed by atoms with Gasteiger partial charge in [0.05, 0.1) is 42.7 Å². The molecule has 348 valence electrons. The second-order valence-electron chi connectivity index (χ2n) is 15.8. The maximum atomic E-state index is 5.81. The first-order valence-electron chi connectivity index (χ1n) is 20.4. The van der Waals surface area contributed by atoms with E-state index in [1.165, 1.54) is 38.9 Å². The third-order valence-electron chi connectivity index (χ3n) is 12.7. The number of nitrogens with one attached hydrogen (secondary N) is 3. The highest BCUT2D eigenvalue weighted by molar-refractivity contribution is 5.86. The molecule has 15 heteroatoms. The van der Waals surface area contributed by atoms with Gasteiger partial charge < -0.3 is 60.8 Å². The minimum atomic E-state index is 0. The Kier molecular flexibility index (Phi) is 23.8. The predicted molar refractivity (Wildman–Crippen MR) is 255 cm³/mol. The molecule has 12 nitrogen and oxygen atoms in total. The zero-order valence-electron chi connectivity index (χ0n) is 36.9. The second-order valence-corrected chi connectivity index (χ2v) is 15.8. The predicted octanol–water partition coefficient (Wildman–Crippen LogP) is 7.06. The van der Waals surface area contributed by atoms with Gasteiger partial charge in [-0.15, -0.1) is 37.2 Å². The van der Waals surface area contributed by atoms with Crippen LogP contribution in [-0.4, -0.2) is 78.7 Å². The molecule has 7 rings (SSSR count). The molecule has 0 saturated heterocycles. The van der Waals surface area contributed by atoms with Crippen molar-refractivity contribution in [1.82, 2.24) is 16.0 Å². The van der Waals surface area contributed by atoms with Crippen molar-refractivity contribution < 1.29 is 44.8 Å². The molecule has 0 aromatic heterocycles. The van der Waals surface area contributed by atoms with E-state index in [4.69, 9.17) is 28.4 Å². The molecule has 9 N–H and O–H groups in total. The molecule has 4 aromatic rings. The van der Waals surface area contributed by atoms with E-state index in [1.54, 1.807) is 42.7 Å². The number of rotatable bonds is 17. The lowest BCUT2D eigenvalue weighted by molar-refractivity contribution is 0.172. The Hall–Kier alpha value is -3.69. The van der Waals surface area contributed by atoms with E-state index in [1.807, 2.05) is 0 Å². The van der Waals surface area contributed by atoms with E-state index in [-0.39, 0.29) is 77.2 Å². The van der Waals surface area contributed by atoms with Gasteiger partial charge in [-0.25, -0.2) is 0 Å². The Balaban J connectivity index is 0.00000320. The first kappa shape index (κ1) is 56.3. The summed E-state index contributed by atoms with van der Waals surface area (Å²) in [5.41, 5.74) is 9.44. The van der Waals surface area contributed by atoms with Crippen molar-refractivity contribution >= 4 is 37.2 Å². The first-order valence-corrected chi connectivity index (χ1v) is 20.4. The Morgan fingerprint density at radius 1 is 0.452 bits per heavy atom. The fourth-order valence-electron chi connectivity index (χ4n) is 9.70. The zero-order chi connectivity index (χ0) is 39.1. The van der Waals surface area contributed by atoms with Crippen molar-refractivity contribution in [1.29, 1.82) is 0 Å². The Labute approximate surface area is 386 Å². The van der Waals surface area contributed by atoms with Crippen LogP contribution in [-0.2, 0) is 25.7 Å². The van der Waals surface area contributed by atoms with Crippen molar-refractivity contribution in [3.63, 3.8) is 0 Å². The lowest BCUT2D eigenvalue weighted by Gasteiger charge is -2.40. The van der Waals surface area contributed by atoms with E-state index < -0.39 is 0 Å². The summed E-state index contributed by atoms with van der Waals surface area (Å²) in [6.07, 6.45) is 10.2. The van der Waals surface area contributed by atoms with Gasteiger partial charge in [0.1, 0.15) is 0 Å².